The molecule has 1 aliphatic heterocycles. The number of benzene rings is 3. The molecule has 33 heavy (non-hydrogen) atoms. The van der Waals surface area contributed by atoms with Crippen LogP contribution >= 0.6 is 0 Å². The lowest BCUT2D eigenvalue weighted by Gasteiger charge is -2.36. The number of nitrogens with zero attached hydrogens (tertiary/aromatic N) is 2. The molecule has 1 aliphatic rings. The highest BCUT2D eigenvalue weighted by molar-refractivity contribution is 6.06. The smallest absolute Gasteiger partial charge is 0.185 e. The van der Waals surface area contributed by atoms with Gasteiger partial charge in [0.25, 0.3) is 0 Å². The predicted molar refractivity (Wildman–Crippen MR) is 133 cm³/mol. The number of hydrogen-bond donors (Lipinski definition) is 1. The lowest BCUT2D eigenvalue weighted by molar-refractivity contribution is 0.0663. The maximum atomic E-state index is 12.4. The number of aliphatic hydroxyl groups excluding tert-OH is 1. The van der Waals surface area contributed by atoms with Crippen molar-refractivity contribution in [2.24, 2.45) is 0 Å². The highest BCUT2D eigenvalue weighted by Crippen LogP contribution is 2.17. The largest absolute Gasteiger partial charge is 0.491 e. The summed E-state index contributed by atoms with van der Waals surface area (Å²) < 4.78 is 5.75. The summed E-state index contributed by atoms with van der Waals surface area (Å²) >= 11 is 0. The molecule has 1 N–H and O–H groups in total. The van der Waals surface area contributed by atoms with Crippen LogP contribution in [0.1, 0.15) is 15.9 Å². The SMILES string of the molecule is O=C(/C=C/c1ccccc1)c1ccc(OCC(O)CN2CCN(c3ccccc3)CC2)cc1. The van der Waals surface area contributed by atoms with E-state index < -0.39 is 6.10 Å². The number of β-amino-alcohol motifs (C(OH)–C–C–N with tert-alkyl or cyclic N) is 1. The molecule has 0 aliphatic carbocycles. The molecule has 1 atom stereocenters. The van der Waals surface area contributed by atoms with E-state index in [0.717, 1.165) is 31.7 Å². The number of rotatable bonds is 9. The minimum absolute atomic E-state index is 0.0555. The zero-order valence-corrected chi connectivity index (χ0v) is 18.7. The van der Waals surface area contributed by atoms with Gasteiger partial charge >= 0.3 is 0 Å². The van der Waals surface area contributed by atoms with Gasteiger partial charge in [-0.3, -0.25) is 9.69 Å². The van der Waals surface area contributed by atoms with E-state index in [1.807, 2.05) is 42.5 Å². The first kappa shape index (κ1) is 22.8. The Morgan fingerprint density at radius 2 is 1.52 bits per heavy atom. The lowest BCUT2D eigenvalue weighted by Crippen LogP contribution is -2.49. The van der Waals surface area contributed by atoms with Gasteiger partial charge in [0.1, 0.15) is 18.5 Å². The van der Waals surface area contributed by atoms with Gasteiger partial charge in [-0.15, -0.1) is 0 Å². The van der Waals surface area contributed by atoms with Crippen molar-refractivity contribution in [1.82, 2.24) is 4.90 Å². The zero-order chi connectivity index (χ0) is 22.9. The Morgan fingerprint density at radius 1 is 0.879 bits per heavy atom. The fraction of sp³-hybridized carbons (Fsp3) is 0.250. The third kappa shape index (κ3) is 6.78. The van der Waals surface area contributed by atoms with Gasteiger partial charge in [0.05, 0.1) is 0 Å². The van der Waals surface area contributed by atoms with Crippen LogP contribution in [0.5, 0.6) is 5.75 Å². The minimum atomic E-state index is -0.566. The van der Waals surface area contributed by atoms with Gasteiger partial charge < -0.3 is 14.7 Å². The van der Waals surface area contributed by atoms with Crippen molar-refractivity contribution in [1.29, 1.82) is 0 Å². The highest BCUT2D eigenvalue weighted by atomic mass is 16.5. The number of piperazine rings is 1. The molecule has 0 saturated carbocycles. The first-order chi connectivity index (χ1) is 16.2. The average molecular weight is 443 g/mol. The van der Waals surface area contributed by atoms with Crippen LogP contribution in [0.2, 0.25) is 0 Å². The predicted octanol–water partition coefficient (Wildman–Crippen LogP) is 4.14. The quantitative estimate of drug-likeness (QED) is 0.399. The molecule has 5 nitrogen and oxygen atoms in total. The molecule has 1 unspecified atom stereocenters. The fourth-order valence-electron chi connectivity index (χ4n) is 3.92. The van der Waals surface area contributed by atoms with E-state index in [1.54, 1.807) is 30.3 Å². The number of anilines is 1. The first-order valence-electron chi connectivity index (χ1n) is 11.4. The summed E-state index contributed by atoms with van der Waals surface area (Å²) in [6.07, 6.45) is 2.82. The van der Waals surface area contributed by atoms with Crippen molar-refractivity contribution in [3.8, 4) is 5.75 Å². The summed E-state index contributed by atoms with van der Waals surface area (Å²) in [6, 6.07) is 27.2. The summed E-state index contributed by atoms with van der Waals surface area (Å²) in [4.78, 5) is 17.0. The molecule has 0 aromatic heterocycles. The number of para-hydroxylation sites is 1. The standard InChI is InChI=1S/C28H30N2O3/c31-26(21-29-17-19-30(20-18-29)25-9-5-2-6-10-25)22-33-27-14-12-24(13-15-27)28(32)16-11-23-7-3-1-4-8-23/h1-16,26,31H,17-22H2/b16-11+. The zero-order valence-electron chi connectivity index (χ0n) is 18.7. The second kappa shape index (κ2) is 11.5. The molecule has 0 radical (unpaired) electrons. The number of allylic oxidation sites excluding steroid dienone is 1. The summed E-state index contributed by atoms with van der Waals surface area (Å²) in [5.74, 6) is 0.589. The van der Waals surface area contributed by atoms with Crippen LogP contribution in [0.15, 0.2) is 91.0 Å². The molecule has 0 bridgehead atoms. The Morgan fingerprint density at radius 3 is 2.18 bits per heavy atom. The van der Waals surface area contributed by atoms with Gasteiger partial charge in [0.2, 0.25) is 0 Å². The molecule has 5 heteroatoms. The molecule has 1 saturated heterocycles. The van der Waals surface area contributed by atoms with Crippen molar-refractivity contribution in [2.75, 3.05) is 44.2 Å². The number of ketones is 1. The van der Waals surface area contributed by atoms with Crippen LogP contribution in [-0.4, -0.2) is 61.2 Å². The van der Waals surface area contributed by atoms with Crippen LogP contribution in [0.25, 0.3) is 6.08 Å². The molecule has 3 aromatic rings. The molecule has 3 aromatic carbocycles. The molecular formula is C28H30N2O3. The number of carbonyl (C=O) groups excluding carboxylic acids is 1. The van der Waals surface area contributed by atoms with Gasteiger partial charge in [0.15, 0.2) is 5.78 Å². The normalized spacial score (nSPS) is 15.5. The van der Waals surface area contributed by atoms with Crippen molar-refractivity contribution in [2.45, 2.75) is 6.10 Å². The monoisotopic (exact) mass is 442 g/mol. The van der Waals surface area contributed by atoms with Gasteiger partial charge in [-0.1, -0.05) is 54.6 Å². The van der Waals surface area contributed by atoms with Crippen LogP contribution in [0.3, 0.4) is 0 Å². The van der Waals surface area contributed by atoms with E-state index in [2.05, 4.69) is 34.1 Å². The topological polar surface area (TPSA) is 53.0 Å². The number of ether oxygens (including phenoxy) is 1. The van der Waals surface area contributed by atoms with E-state index in [4.69, 9.17) is 4.74 Å². The van der Waals surface area contributed by atoms with E-state index >= 15 is 0 Å². The summed E-state index contributed by atoms with van der Waals surface area (Å²) in [5, 5.41) is 10.4. The van der Waals surface area contributed by atoms with E-state index in [0.29, 0.717) is 17.9 Å². The van der Waals surface area contributed by atoms with E-state index in [-0.39, 0.29) is 12.4 Å². The maximum Gasteiger partial charge on any atom is 0.185 e. The summed E-state index contributed by atoms with van der Waals surface area (Å²) in [7, 11) is 0. The van der Waals surface area contributed by atoms with Crippen molar-refractivity contribution in [3.63, 3.8) is 0 Å². The number of carbonyl (C=O) groups is 1. The molecule has 1 fully saturated rings. The third-order valence-electron chi connectivity index (χ3n) is 5.77. The fourth-order valence-corrected chi connectivity index (χ4v) is 3.92. The molecular weight excluding hydrogens is 412 g/mol. The van der Waals surface area contributed by atoms with Crippen molar-refractivity contribution >= 4 is 17.5 Å². The Kier molecular flexibility index (Phi) is 7.90. The first-order valence-corrected chi connectivity index (χ1v) is 11.4. The van der Waals surface area contributed by atoms with E-state index in [9.17, 15) is 9.90 Å². The molecule has 4 rings (SSSR count). The van der Waals surface area contributed by atoms with Gasteiger partial charge in [-0.05, 0) is 48.0 Å². The van der Waals surface area contributed by atoms with Crippen LogP contribution in [0.4, 0.5) is 5.69 Å². The molecule has 0 amide bonds. The number of aliphatic hydroxyl groups is 1. The van der Waals surface area contributed by atoms with E-state index in [1.165, 1.54) is 5.69 Å². The molecule has 0 spiro atoms. The van der Waals surface area contributed by atoms with Gasteiger partial charge in [-0.25, -0.2) is 0 Å². The summed E-state index contributed by atoms with van der Waals surface area (Å²) in [5.41, 5.74) is 2.84. The molecule has 170 valence electrons. The lowest BCUT2D eigenvalue weighted by atomic mass is 10.1. The van der Waals surface area contributed by atoms with Crippen LogP contribution in [-0.2, 0) is 0 Å². The van der Waals surface area contributed by atoms with Crippen molar-refractivity contribution < 1.29 is 14.6 Å². The van der Waals surface area contributed by atoms with Gasteiger partial charge in [0, 0.05) is 44.0 Å². The third-order valence-corrected chi connectivity index (χ3v) is 5.77. The summed E-state index contributed by atoms with van der Waals surface area (Å²) in [6.45, 7) is 4.54. The Bertz CT molecular complexity index is 1030. The van der Waals surface area contributed by atoms with Crippen LogP contribution in [0, 0.1) is 0 Å². The minimum Gasteiger partial charge on any atom is -0.491 e. The Hall–Kier alpha value is -3.41. The Labute approximate surface area is 195 Å². The highest BCUT2D eigenvalue weighted by Gasteiger charge is 2.19. The maximum absolute atomic E-state index is 12.4. The average Bonchev–Trinajstić information content (AvgIpc) is 2.88. The number of hydrogen-bond acceptors (Lipinski definition) is 5. The Balaban J connectivity index is 1.19. The van der Waals surface area contributed by atoms with Crippen molar-refractivity contribution in [3.05, 3.63) is 102 Å². The second-order valence-corrected chi connectivity index (χ2v) is 8.22. The van der Waals surface area contributed by atoms with Gasteiger partial charge in [-0.2, -0.15) is 0 Å². The molecule has 1 heterocycles. The van der Waals surface area contributed by atoms with Crippen LogP contribution < -0.4 is 9.64 Å². The second-order valence-electron chi connectivity index (χ2n) is 8.22.